The molecule has 0 bridgehead atoms. The third-order valence-electron chi connectivity index (χ3n) is 2.76. The van der Waals surface area contributed by atoms with Crippen molar-refractivity contribution >= 4 is 15.9 Å². The van der Waals surface area contributed by atoms with Gasteiger partial charge in [0.15, 0.2) is 0 Å². The van der Waals surface area contributed by atoms with Crippen LogP contribution in [0.15, 0.2) is 35.1 Å². The normalized spacial score (nSPS) is 11.2. The van der Waals surface area contributed by atoms with E-state index in [-0.39, 0.29) is 0 Å². The summed E-state index contributed by atoms with van der Waals surface area (Å²) in [5.74, 6) is 1.57. The fourth-order valence-corrected chi connectivity index (χ4v) is 2.11. The molecule has 2 rings (SSSR count). The van der Waals surface area contributed by atoms with Gasteiger partial charge < -0.3 is 5.32 Å². The molecule has 0 radical (unpaired) electrons. The molecule has 1 aromatic carbocycles. The average molecular weight is 323 g/mol. The lowest BCUT2D eigenvalue weighted by Crippen LogP contribution is -2.18. The van der Waals surface area contributed by atoms with Crippen LogP contribution in [0.3, 0.4) is 0 Å². The van der Waals surface area contributed by atoms with Crippen molar-refractivity contribution in [2.45, 2.75) is 33.5 Å². The number of hydrogen-bond acceptors (Lipinski definition) is 3. The lowest BCUT2D eigenvalue weighted by atomic mass is 10.2. The maximum Gasteiger partial charge on any atom is 0.140 e. The second-order valence-corrected chi connectivity index (χ2v) is 5.90. The number of benzene rings is 1. The van der Waals surface area contributed by atoms with E-state index in [2.05, 4.69) is 69.4 Å². The van der Waals surface area contributed by atoms with Crippen molar-refractivity contribution in [2.24, 2.45) is 5.92 Å². The summed E-state index contributed by atoms with van der Waals surface area (Å²) in [4.78, 5) is 4.30. The van der Waals surface area contributed by atoms with Gasteiger partial charge in [-0.3, -0.25) is 0 Å². The molecule has 0 aliphatic heterocycles. The van der Waals surface area contributed by atoms with Gasteiger partial charge in [0.2, 0.25) is 0 Å². The van der Waals surface area contributed by atoms with Crippen LogP contribution in [0.1, 0.15) is 25.2 Å². The number of nitrogens with one attached hydrogen (secondary N) is 1. The van der Waals surface area contributed by atoms with Crippen LogP contribution in [-0.2, 0) is 19.6 Å². The molecule has 0 amide bonds. The number of rotatable bonds is 6. The van der Waals surface area contributed by atoms with E-state index in [0.717, 1.165) is 29.9 Å². The SMILES string of the molecule is CC(C)Cn1ncnc1CNCc1ccc(Br)cc1. The number of aromatic nitrogens is 3. The summed E-state index contributed by atoms with van der Waals surface area (Å²) in [7, 11) is 0. The first-order valence-electron chi connectivity index (χ1n) is 6.47. The van der Waals surface area contributed by atoms with Gasteiger partial charge >= 0.3 is 0 Å². The highest BCUT2D eigenvalue weighted by Gasteiger charge is 2.05. The Bertz CT molecular complexity index is 504. The molecule has 19 heavy (non-hydrogen) atoms. The molecule has 0 saturated heterocycles. The molecule has 2 aromatic rings. The maximum absolute atomic E-state index is 4.30. The molecule has 102 valence electrons. The minimum atomic E-state index is 0.576. The first-order chi connectivity index (χ1) is 9.15. The average Bonchev–Trinajstić information content (AvgIpc) is 2.78. The molecule has 0 spiro atoms. The van der Waals surface area contributed by atoms with Crippen molar-refractivity contribution in [2.75, 3.05) is 0 Å². The van der Waals surface area contributed by atoms with Gasteiger partial charge in [-0.1, -0.05) is 41.9 Å². The summed E-state index contributed by atoms with van der Waals surface area (Å²) in [6.07, 6.45) is 1.62. The molecule has 1 N–H and O–H groups in total. The summed E-state index contributed by atoms with van der Waals surface area (Å²) in [5, 5.41) is 7.65. The van der Waals surface area contributed by atoms with Crippen molar-refractivity contribution < 1.29 is 0 Å². The van der Waals surface area contributed by atoms with Crippen LogP contribution in [0.25, 0.3) is 0 Å². The highest BCUT2D eigenvalue weighted by Crippen LogP contribution is 2.10. The fraction of sp³-hybridized carbons (Fsp3) is 0.429. The van der Waals surface area contributed by atoms with Gasteiger partial charge in [0.05, 0.1) is 6.54 Å². The molecule has 5 heteroatoms. The van der Waals surface area contributed by atoms with Crippen molar-refractivity contribution in [1.82, 2.24) is 20.1 Å². The Morgan fingerprint density at radius 2 is 1.95 bits per heavy atom. The third-order valence-corrected chi connectivity index (χ3v) is 3.29. The van der Waals surface area contributed by atoms with Gasteiger partial charge in [-0.05, 0) is 23.6 Å². The Morgan fingerprint density at radius 1 is 1.21 bits per heavy atom. The molecule has 0 fully saturated rings. The summed E-state index contributed by atoms with van der Waals surface area (Å²) in [5.41, 5.74) is 1.26. The zero-order valence-corrected chi connectivity index (χ0v) is 12.9. The van der Waals surface area contributed by atoms with Crippen molar-refractivity contribution in [3.05, 3.63) is 46.5 Å². The molecule has 0 aliphatic carbocycles. The van der Waals surface area contributed by atoms with Crippen LogP contribution in [0, 0.1) is 5.92 Å². The van der Waals surface area contributed by atoms with Crippen LogP contribution in [0.2, 0.25) is 0 Å². The standard InChI is InChI=1S/C14H19BrN4/c1-11(2)9-19-14(17-10-18-19)8-16-7-12-3-5-13(15)6-4-12/h3-6,10-11,16H,7-9H2,1-2H3. The molecule has 0 atom stereocenters. The van der Waals surface area contributed by atoms with E-state index in [4.69, 9.17) is 0 Å². The Kier molecular flexibility index (Phi) is 5.10. The zero-order chi connectivity index (χ0) is 13.7. The Morgan fingerprint density at radius 3 is 2.63 bits per heavy atom. The third kappa shape index (κ3) is 4.44. The van der Waals surface area contributed by atoms with Gasteiger partial charge in [-0.15, -0.1) is 0 Å². The van der Waals surface area contributed by atoms with Crippen molar-refractivity contribution in [3.8, 4) is 0 Å². The highest BCUT2D eigenvalue weighted by molar-refractivity contribution is 9.10. The van der Waals surface area contributed by atoms with E-state index < -0.39 is 0 Å². The number of nitrogens with zero attached hydrogens (tertiary/aromatic N) is 3. The molecular formula is C14H19BrN4. The molecule has 0 unspecified atom stereocenters. The van der Waals surface area contributed by atoms with E-state index in [1.54, 1.807) is 6.33 Å². The van der Waals surface area contributed by atoms with Gasteiger partial charge in [0.25, 0.3) is 0 Å². The minimum Gasteiger partial charge on any atom is -0.306 e. The second kappa shape index (κ2) is 6.82. The quantitative estimate of drug-likeness (QED) is 0.889. The molecule has 1 aromatic heterocycles. The van der Waals surface area contributed by atoms with Crippen LogP contribution < -0.4 is 5.32 Å². The van der Waals surface area contributed by atoms with Gasteiger partial charge in [-0.2, -0.15) is 5.10 Å². The van der Waals surface area contributed by atoms with Crippen LogP contribution >= 0.6 is 15.9 Å². The van der Waals surface area contributed by atoms with Crippen LogP contribution in [-0.4, -0.2) is 14.8 Å². The molecular weight excluding hydrogens is 304 g/mol. The van der Waals surface area contributed by atoms with E-state index in [9.17, 15) is 0 Å². The van der Waals surface area contributed by atoms with Crippen molar-refractivity contribution in [1.29, 1.82) is 0 Å². The Labute approximate surface area is 122 Å². The summed E-state index contributed by atoms with van der Waals surface area (Å²) in [6.45, 7) is 6.85. The summed E-state index contributed by atoms with van der Waals surface area (Å²) in [6, 6.07) is 8.32. The first kappa shape index (κ1) is 14.2. The van der Waals surface area contributed by atoms with E-state index >= 15 is 0 Å². The summed E-state index contributed by atoms with van der Waals surface area (Å²) < 4.78 is 3.08. The summed E-state index contributed by atoms with van der Waals surface area (Å²) >= 11 is 3.44. The predicted molar refractivity (Wildman–Crippen MR) is 79.5 cm³/mol. The number of halogens is 1. The van der Waals surface area contributed by atoms with Gasteiger partial charge in [0.1, 0.15) is 12.2 Å². The molecule has 0 saturated carbocycles. The zero-order valence-electron chi connectivity index (χ0n) is 11.3. The highest BCUT2D eigenvalue weighted by atomic mass is 79.9. The van der Waals surface area contributed by atoms with Gasteiger partial charge in [-0.25, -0.2) is 9.67 Å². The minimum absolute atomic E-state index is 0.576. The topological polar surface area (TPSA) is 42.7 Å². The fourth-order valence-electron chi connectivity index (χ4n) is 1.84. The monoisotopic (exact) mass is 322 g/mol. The van der Waals surface area contributed by atoms with E-state index in [0.29, 0.717) is 5.92 Å². The first-order valence-corrected chi connectivity index (χ1v) is 7.26. The molecule has 1 heterocycles. The Balaban J connectivity index is 1.85. The lowest BCUT2D eigenvalue weighted by molar-refractivity contribution is 0.457. The Hall–Kier alpha value is -1.20. The smallest absolute Gasteiger partial charge is 0.140 e. The second-order valence-electron chi connectivity index (χ2n) is 4.98. The van der Waals surface area contributed by atoms with Crippen LogP contribution in [0.4, 0.5) is 0 Å². The number of hydrogen-bond donors (Lipinski definition) is 1. The van der Waals surface area contributed by atoms with Crippen molar-refractivity contribution in [3.63, 3.8) is 0 Å². The van der Waals surface area contributed by atoms with E-state index in [1.165, 1.54) is 5.56 Å². The van der Waals surface area contributed by atoms with E-state index in [1.807, 2.05) is 4.68 Å². The van der Waals surface area contributed by atoms with Crippen LogP contribution in [0.5, 0.6) is 0 Å². The molecule has 4 nitrogen and oxygen atoms in total. The maximum atomic E-state index is 4.30. The predicted octanol–water partition coefficient (Wildman–Crippen LogP) is 2.99. The van der Waals surface area contributed by atoms with Gasteiger partial charge in [0, 0.05) is 17.6 Å². The lowest BCUT2D eigenvalue weighted by Gasteiger charge is -2.09. The largest absolute Gasteiger partial charge is 0.306 e. The molecule has 0 aliphatic rings.